The first-order valence-electron chi connectivity index (χ1n) is 8.29. The number of phenolic OH excluding ortho intramolecular Hbond substituents is 1. The highest BCUT2D eigenvalue weighted by Gasteiger charge is 2.37. The minimum absolute atomic E-state index is 0.0707. The molecule has 0 bridgehead atoms. The number of phenols is 1. The molecule has 2 aromatic rings. The van der Waals surface area contributed by atoms with Crippen LogP contribution >= 0.6 is 0 Å². The molecule has 1 aliphatic rings. The summed E-state index contributed by atoms with van der Waals surface area (Å²) in [4.78, 5) is 11.4. The summed E-state index contributed by atoms with van der Waals surface area (Å²) in [5, 5.41) is 15.4. The first kappa shape index (κ1) is 21.0. The molecule has 9 nitrogen and oxygen atoms in total. The van der Waals surface area contributed by atoms with Crippen LogP contribution in [0, 0.1) is 12.7 Å². The van der Waals surface area contributed by atoms with Crippen LogP contribution in [-0.2, 0) is 37.2 Å². The fraction of sp³-hybridized carbons (Fsp3) is 0.235. The van der Waals surface area contributed by atoms with Crippen molar-refractivity contribution in [1.82, 2.24) is 4.72 Å². The molecule has 156 valence electrons. The molecule has 0 radical (unpaired) electrons. The SMILES string of the molecule is Cc1ccc(CS(N)(=O)=O)c(Cc2cc(O)c(N3CC(=O)NS3(=O)=O)c(F)c2)c1. The lowest BCUT2D eigenvalue weighted by molar-refractivity contribution is -0.117. The molecule has 0 aromatic heterocycles. The molecular weight excluding hydrogens is 425 g/mol. The second-order valence-electron chi connectivity index (χ2n) is 6.74. The minimum Gasteiger partial charge on any atom is -0.506 e. The van der Waals surface area contributed by atoms with E-state index in [1.807, 2.05) is 0 Å². The lowest BCUT2D eigenvalue weighted by Crippen LogP contribution is -2.30. The lowest BCUT2D eigenvalue weighted by Gasteiger charge is -2.18. The van der Waals surface area contributed by atoms with Gasteiger partial charge in [-0.1, -0.05) is 23.8 Å². The second-order valence-corrected chi connectivity index (χ2v) is 9.95. The molecule has 0 unspecified atom stereocenters. The number of hydrogen-bond acceptors (Lipinski definition) is 6. The van der Waals surface area contributed by atoms with Crippen LogP contribution in [0.2, 0.25) is 0 Å². The molecule has 0 atom stereocenters. The van der Waals surface area contributed by atoms with Crippen LogP contribution in [0.15, 0.2) is 30.3 Å². The average molecular weight is 443 g/mol. The summed E-state index contributed by atoms with van der Waals surface area (Å²) in [6.45, 7) is 1.15. The zero-order valence-electron chi connectivity index (χ0n) is 15.2. The van der Waals surface area contributed by atoms with Gasteiger partial charge in [0.2, 0.25) is 10.0 Å². The quantitative estimate of drug-likeness (QED) is 0.609. The van der Waals surface area contributed by atoms with E-state index < -0.39 is 55.7 Å². The maximum absolute atomic E-state index is 14.7. The highest BCUT2D eigenvalue weighted by Crippen LogP contribution is 2.35. The maximum atomic E-state index is 14.7. The molecule has 0 spiro atoms. The molecule has 3 rings (SSSR count). The van der Waals surface area contributed by atoms with Gasteiger partial charge >= 0.3 is 10.2 Å². The smallest absolute Gasteiger partial charge is 0.326 e. The number of aryl methyl sites for hydroxylation is 1. The van der Waals surface area contributed by atoms with Crippen LogP contribution in [-0.4, -0.2) is 34.4 Å². The number of benzene rings is 2. The molecule has 12 heteroatoms. The number of primary sulfonamides is 1. The Hall–Kier alpha value is -2.70. The van der Waals surface area contributed by atoms with Gasteiger partial charge in [-0.25, -0.2) is 27.0 Å². The van der Waals surface area contributed by atoms with Crippen LogP contribution in [0.25, 0.3) is 0 Å². The van der Waals surface area contributed by atoms with Gasteiger partial charge in [0.05, 0.1) is 5.75 Å². The normalized spacial score (nSPS) is 16.1. The topological polar surface area (TPSA) is 147 Å². The van der Waals surface area contributed by atoms with E-state index in [2.05, 4.69) is 0 Å². The Morgan fingerprint density at radius 1 is 1.24 bits per heavy atom. The number of hydrogen-bond donors (Lipinski definition) is 3. The Morgan fingerprint density at radius 2 is 1.93 bits per heavy atom. The van der Waals surface area contributed by atoms with Crippen LogP contribution in [0.3, 0.4) is 0 Å². The minimum atomic E-state index is -4.29. The van der Waals surface area contributed by atoms with Crippen LogP contribution in [0.5, 0.6) is 5.75 Å². The van der Waals surface area contributed by atoms with Crippen molar-refractivity contribution in [1.29, 1.82) is 0 Å². The average Bonchev–Trinajstić information content (AvgIpc) is 2.81. The van der Waals surface area contributed by atoms with Crippen molar-refractivity contribution in [2.45, 2.75) is 19.1 Å². The van der Waals surface area contributed by atoms with E-state index in [0.29, 0.717) is 15.4 Å². The molecule has 29 heavy (non-hydrogen) atoms. The first-order chi connectivity index (χ1) is 13.4. The summed E-state index contributed by atoms with van der Waals surface area (Å²) >= 11 is 0. The molecule has 1 fully saturated rings. The van der Waals surface area contributed by atoms with Gasteiger partial charge in [0, 0.05) is 0 Å². The third-order valence-electron chi connectivity index (χ3n) is 4.29. The standard InChI is InChI=1S/C17H18FN3O6S2/c1-10-2-3-12(9-28(19,24)25)13(4-10)5-11-6-14(18)17(15(22)7-11)21-8-16(23)20-29(21,26)27/h2-4,6-7,22H,5,8-9H2,1H3,(H,20,23)(H2,19,24,25). The van der Waals surface area contributed by atoms with E-state index in [0.717, 1.165) is 11.6 Å². The van der Waals surface area contributed by atoms with Crippen molar-refractivity contribution in [3.05, 3.63) is 58.4 Å². The largest absolute Gasteiger partial charge is 0.506 e. The zero-order valence-corrected chi connectivity index (χ0v) is 16.8. The van der Waals surface area contributed by atoms with E-state index >= 15 is 0 Å². The molecule has 1 heterocycles. The van der Waals surface area contributed by atoms with Gasteiger partial charge in [0.25, 0.3) is 5.91 Å². The van der Waals surface area contributed by atoms with E-state index in [-0.39, 0.29) is 12.0 Å². The summed E-state index contributed by atoms with van der Waals surface area (Å²) in [7, 11) is -8.08. The predicted molar refractivity (Wildman–Crippen MR) is 103 cm³/mol. The second kappa shape index (κ2) is 7.28. The number of nitrogens with zero attached hydrogens (tertiary/aromatic N) is 1. The number of aromatic hydroxyl groups is 1. The Morgan fingerprint density at radius 3 is 2.48 bits per heavy atom. The summed E-state index contributed by atoms with van der Waals surface area (Å²) in [6.07, 6.45) is 0.0707. The maximum Gasteiger partial charge on any atom is 0.326 e. The molecule has 4 N–H and O–H groups in total. The van der Waals surface area contributed by atoms with Crippen molar-refractivity contribution in [3.8, 4) is 5.75 Å². The number of carbonyl (C=O) groups is 1. The number of nitrogens with one attached hydrogen (secondary N) is 1. The molecular formula is C17H18FN3O6S2. The summed E-state index contributed by atoms with van der Waals surface area (Å²) < 4.78 is 63.6. The summed E-state index contributed by atoms with van der Waals surface area (Å²) in [5.41, 5.74) is 1.48. The van der Waals surface area contributed by atoms with E-state index in [9.17, 15) is 31.1 Å². The van der Waals surface area contributed by atoms with Gasteiger partial charge in [0.15, 0.2) is 5.82 Å². The van der Waals surface area contributed by atoms with Crippen LogP contribution < -0.4 is 14.2 Å². The Balaban J connectivity index is 1.99. The summed E-state index contributed by atoms with van der Waals surface area (Å²) in [5.74, 6) is -2.96. The predicted octanol–water partition coefficient (Wildman–Crippen LogP) is 0.400. The number of halogens is 1. The fourth-order valence-electron chi connectivity index (χ4n) is 3.13. The Labute approximate surface area is 167 Å². The Kier molecular flexibility index (Phi) is 5.28. The molecule has 1 aliphatic heterocycles. The van der Waals surface area contributed by atoms with Crippen molar-refractivity contribution in [2.24, 2.45) is 5.14 Å². The van der Waals surface area contributed by atoms with Gasteiger partial charge in [0.1, 0.15) is 18.0 Å². The van der Waals surface area contributed by atoms with Crippen molar-refractivity contribution in [2.75, 3.05) is 10.8 Å². The number of amides is 1. The van der Waals surface area contributed by atoms with Crippen molar-refractivity contribution in [3.63, 3.8) is 0 Å². The monoisotopic (exact) mass is 443 g/mol. The number of nitrogens with two attached hydrogens (primary N) is 1. The fourth-order valence-corrected chi connectivity index (χ4v) is 5.02. The van der Waals surface area contributed by atoms with Gasteiger partial charge in [-0.05, 0) is 42.2 Å². The van der Waals surface area contributed by atoms with Gasteiger partial charge in [-0.2, -0.15) is 8.42 Å². The Bertz CT molecular complexity index is 1190. The van der Waals surface area contributed by atoms with E-state index in [4.69, 9.17) is 5.14 Å². The third kappa shape index (κ3) is 4.66. The van der Waals surface area contributed by atoms with Crippen molar-refractivity contribution < 1.29 is 31.1 Å². The highest BCUT2D eigenvalue weighted by atomic mass is 32.2. The van der Waals surface area contributed by atoms with Crippen LogP contribution in [0.4, 0.5) is 10.1 Å². The van der Waals surface area contributed by atoms with Crippen LogP contribution in [0.1, 0.15) is 22.3 Å². The van der Waals surface area contributed by atoms with Gasteiger partial charge in [-0.15, -0.1) is 0 Å². The zero-order chi connectivity index (χ0) is 21.6. The first-order valence-corrected chi connectivity index (χ1v) is 11.4. The lowest BCUT2D eigenvalue weighted by atomic mass is 9.98. The van der Waals surface area contributed by atoms with Gasteiger partial charge in [-0.3, -0.25) is 4.79 Å². The van der Waals surface area contributed by atoms with Crippen molar-refractivity contribution >= 4 is 31.8 Å². The number of sulfonamides is 1. The van der Waals surface area contributed by atoms with E-state index in [1.165, 1.54) is 6.07 Å². The van der Waals surface area contributed by atoms with Gasteiger partial charge < -0.3 is 5.11 Å². The number of rotatable bonds is 5. The third-order valence-corrected chi connectivity index (χ3v) is 6.38. The van der Waals surface area contributed by atoms with E-state index in [1.54, 1.807) is 29.8 Å². The summed E-state index contributed by atoms with van der Waals surface area (Å²) in [6, 6.07) is 7.23. The number of carbonyl (C=O) groups excluding carboxylic acids is 1. The highest BCUT2D eigenvalue weighted by molar-refractivity contribution is 7.92. The number of anilines is 1. The molecule has 1 amide bonds. The molecule has 1 saturated heterocycles. The molecule has 2 aromatic carbocycles. The molecule has 0 saturated carbocycles. The molecule has 0 aliphatic carbocycles.